The van der Waals surface area contributed by atoms with Gasteiger partial charge in [0.25, 0.3) is 17.5 Å². The highest BCUT2D eigenvalue weighted by molar-refractivity contribution is 6.23. The van der Waals surface area contributed by atoms with Gasteiger partial charge in [0, 0.05) is 24.7 Å². The van der Waals surface area contributed by atoms with Crippen molar-refractivity contribution < 1.29 is 19.3 Å². The van der Waals surface area contributed by atoms with Gasteiger partial charge in [-0.15, -0.1) is 0 Å². The number of imide groups is 1. The maximum absolute atomic E-state index is 12.6. The molecule has 2 aromatic rings. The summed E-state index contributed by atoms with van der Waals surface area (Å²) in [6, 6.07) is 9.69. The van der Waals surface area contributed by atoms with E-state index in [0.29, 0.717) is 0 Å². The summed E-state index contributed by atoms with van der Waals surface area (Å²) in [5.41, 5.74) is 2.00. The summed E-state index contributed by atoms with van der Waals surface area (Å²) in [4.78, 5) is 48.9. The normalized spacial score (nSPS) is 13.0. The van der Waals surface area contributed by atoms with Crippen molar-refractivity contribution in [1.82, 2.24) is 4.90 Å². The Kier molecular flexibility index (Phi) is 5.45. The monoisotopic (exact) mass is 395 g/mol. The average Bonchev–Trinajstić information content (AvgIpc) is 2.92. The first kappa shape index (κ1) is 20.2. The fourth-order valence-corrected chi connectivity index (χ4v) is 3.43. The number of aryl methyl sites for hydroxylation is 1. The fourth-order valence-electron chi connectivity index (χ4n) is 3.43. The highest BCUT2D eigenvalue weighted by Crippen LogP contribution is 2.31. The summed E-state index contributed by atoms with van der Waals surface area (Å²) in [5, 5.41) is 14.0. The molecule has 3 rings (SSSR count). The van der Waals surface area contributed by atoms with Crippen molar-refractivity contribution in [3.63, 3.8) is 0 Å². The number of amides is 3. The van der Waals surface area contributed by atoms with E-state index in [1.54, 1.807) is 0 Å². The van der Waals surface area contributed by atoms with Crippen molar-refractivity contribution in [2.75, 3.05) is 11.9 Å². The molecule has 3 amide bonds. The van der Waals surface area contributed by atoms with E-state index >= 15 is 0 Å². The molecule has 0 saturated heterocycles. The number of hydrogen-bond donors (Lipinski definition) is 1. The first-order valence-corrected chi connectivity index (χ1v) is 9.25. The smallest absolute Gasteiger partial charge is 0.282 e. The third-order valence-electron chi connectivity index (χ3n) is 4.93. The van der Waals surface area contributed by atoms with Crippen LogP contribution in [0.15, 0.2) is 36.4 Å². The quantitative estimate of drug-likeness (QED) is 0.456. The van der Waals surface area contributed by atoms with E-state index < -0.39 is 22.4 Å². The lowest BCUT2D eigenvalue weighted by Gasteiger charge is -2.17. The summed E-state index contributed by atoms with van der Waals surface area (Å²) >= 11 is 0. The third kappa shape index (κ3) is 3.73. The summed E-state index contributed by atoms with van der Waals surface area (Å²) in [7, 11) is 0. The van der Waals surface area contributed by atoms with Gasteiger partial charge in [0.05, 0.1) is 10.5 Å². The molecule has 1 heterocycles. The number of rotatable bonds is 6. The first-order valence-electron chi connectivity index (χ1n) is 9.25. The number of nitro benzene ring substituents is 1. The van der Waals surface area contributed by atoms with E-state index in [2.05, 4.69) is 5.32 Å². The Morgan fingerprint density at radius 2 is 1.83 bits per heavy atom. The van der Waals surface area contributed by atoms with Gasteiger partial charge in [0.15, 0.2) is 0 Å². The molecule has 8 nitrogen and oxygen atoms in total. The Balaban J connectivity index is 1.74. The molecule has 0 saturated carbocycles. The Morgan fingerprint density at radius 3 is 2.48 bits per heavy atom. The minimum absolute atomic E-state index is 0.00870. The number of para-hydroxylation sites is 1. The van der Waals surface area contributed by atoms with Gasteiger partial charge >= 0.3 is 0 Å². The van der Waals surface area contributed by atoms with E-state index in [1.807, 2.05) is 39.0 Å². The van der Waals surface area contributed by atoms with Crippen molar-refractivity contribution >= 4 is 29.1 Å². The van der Waals surface area contributed by atoms with Crippen LogP contribution in [0.5, 0.6) is 0 Å². The molecule has 0 spiro atoms. The van der Waals surface area contributed by atoms with Gasteiger partial charge < -0.3 is 5.32 Å². The van der Waals surface area contributed by atoms with Crippen LogP contribution in [0.4, 0.5) is 11.4 Å². The zero-order valence-corrected chi connectivity index (χ0v) is 16.4. The van der Waals surface area contributed by atoms with Gasteiger partial charge in [-0.05, 0) is 30.0 Å². The van der Waals surface area contributed by atoms with Crippen molar-refractivity contribution in [1.29, 1.82) is 0 Å². The number of nitrogens with one attached hydrogen (secondary N) is 1. The van der Waals surface area contributed by atoms with Crippen LogP contribution in [0, 0.1) is 17.0 Å². The topological polar surface area (TPSA) is 110 Å². The zero-order valence-electron chi connectivity index (χ0n) is 16.4. The molecule has 1 aliphatic rings. The largest absolute Gasteiger partial charge is 0.326 e. The van der Waals surface area contributed by atoms with Crippen LogP contribution < -0.4 is 5.32 Å². The molecule has 0 radical (unpaired) electrons. The summed E-state index contributed by atoms with van der Waals surface area (Å²) in [6.07, 6.45) is -0.106. The Morgan fingerprint density at radius 1 is 1.14 bits per heavy atom. The zero-order chi connectivity index (χ0) is 21.3. The van der Waals surface area contributed by atoms with Gasteiger partial charge in [0.1, 0.15) is 5.56 Å². The Labute approximate surface area is 167 Å². The Hall–Kier alpha value is -3.55. The first-order chi connectivity index (χ1) is 13.7. The van der Waals surface area contributed by atoms with E-state index in [-0.39, 0.29) is 35.9 Å². The van der Waals surface area contributed by atoms with Gasteiger partial charge in [0.2, 0.25) is 5.91 Å². The van der Waals surface area contributed by atoms with Gasteiger partial charge in [-0.25, -0.2) is 0 Å². The molecule has 0 unspecified atom stereocenters. The minimum atomic E-state index is -0.746. The number of nitrogens with zero attached hydrogens (tertiary/aromatic N) is 2. The summed E-state index contributed by atoms with van der Waals surface area (Å²) in [6.45, 7) is 5.79. The van der Waals surface area contributed by atoms with E-state index in [4.69, 9.17) is 0 Å². The molecule has 8 heteroatoms. The van der Waals surface area contributed by atoms with E-state index in [0.717, 1.165) is 21.7 Å². The van der Waals surface area contributed by atoms with Crippen LogP contribution >= 0.6 is 0 Å². The second-order valence-corrected chi connectivity index (χ2v) is 7.21. The molecule has 2 aromatic carbocycles. The number of carbonyl (C=O) groups is 3. The molecular weight excluding hydrogens is 374 g/mol. The van der Waals surface area contributed by atoms with Crippen LogP contribution in [0.2, 0.25) is 0 Å². The molecule has 29 heavy (non-hydrogen) atoms. The number of fused-ring (bicyclic) bond motifs is 1. The molecule has 1 aliphatic heterocycles. The maximum Gasteiger partial charge on any atom is 0.282 e. The summed E-state index contributed by atoms with van der Waals surface area (Å²) in [5.74, 6) is -1.50. The lowest BCUT2D eigenvalue weighted by molar-refractivity contribution is -0.385. The van der Waals surface area contributed by atoms with Gasteiger partial charge in [-0.1, -0.05) is 38.1 Å². The third-order valence-corrected chi connectivity index (χ3v) is 4.93. The standard InChI is InChI=1S/C21H21N3O5/c1-12(2)14-7-4-6-13(3)19(14)22-17(25)10-11-23-20(26)15-8-5-9-16(24(28)29)18(15)21(23)27/h4-9,12H,10-11H2,1-3H3,(H,22,25). The highest BCUT2D eigenvalue weighted by Gasteiger charge is 2.40. The van der Waals surface area contributed by atoms with Crippen LogP contribution in [-0.2, 0) is 4.79 Å². The van der Waals surface area contributed by atoms with Gasteiger partial charge in [-0.3, -0.25) is 29.4 Å². The van der Waals surface area contributed by atoms with Crippen molar-refractivity contribution in [3.05, 3.63) is 68.8 Å². The lowest BCUT2D eigenvalue weighted by Crippen LogP contribution is -2.33. The van der Waals surface area contributed by atoms with Crippen molar-refractivity contribution in [3.8, 4) is 0 Å². The van der Waals surface area contributed by atoms with Crippen LogP contribution in [-0.4, -0.2) is 34.1 Å². The molecule has 1 N–H and O–H groups in total. The molecule has 0 aromatic heterocycles. The number of nitro groups is 1. The average molecular weight is 395 g/mol. The molecule has 0 fully saturated rings. The number of benzene rings is 2. The highest BCUT2D eigenvalue weighted by atomic mass is 16.6. The number of carbonyl (C=O) groups excluding carboxylic acids is 3. The second-order valence-electron chi connectivity index (χ2n) is 7.21. The predicted octanol–water partition coefficient (Wildman–Crippen LogP) is 3.65. The van der Waals surface area contributed by atoms with Crippen LogP contribution in [0.25, 0.3) is 0 Å². The predicted molar refractivity (Wildman–Crippen MR) is 107 cm³/mol. The molecule has 0 aliphatic carbocycles. The summed E-state index contributed by atoms with van der Waals surface area (Å²) < 4.78 is 0. The maximum atomic E-state index is 12.6. The lowest BCUT2D eigenvalue weighted by atomic mass is 9.98. The number of anilines is 1. The van der Waals surface area contributed by atoms with E-state index in [9.17, 15) is 24.5 Å². The van der Waals surface area contributed by atoms with E-state index in [1.165, 1.54) is 18.2 Å². The SMILES string of the molecule is Cc1cccc(C(C)C)c1NC(=O)CCN1C(=O)c2cccc([N+](=O)[O-])c2C1=O. The van der Waals surface area contributed by atoms with Crippen molar-refractivity contribution in [2.24, 2.45) is 0 Å². The minimum Gasteiger partial charge on any atom is -0.326 e. The van der Waals surface area contributed by atoms with Gasteiger partial charge in [-0.2, -0.15) is 0 Å². The van der Waals surface area contributed by atoms with Crippen LogP contribution in [0.3, 0.4) is 0 Å². The molecule has 150 valence electrons. The number of hydrogen-bond acceptors (Lipinski definition) is 5. The van der Waals surface area contributed by atoms with Crippen LogP contribution in [0.1, 0.15) is 58.0 Å². The molecular formula is C21H21N3O5. The fraction of sp³-hybridized carbons (Fsp3) is 0.286. The molecule has 0 bridgehead atoms. The van der Waals surface area contributed by atoms with Crippen molar-refractivity contribution in [2.45, 2.75) is 33.1 Å². The second kappa shape index (κ2) is 7.83. The Bertz CT molecular complexity index is 1030. The molecule has 0 atom stereocenters.